The van der Waals surface area contributed by atoms with Crippen molar-refractivity contribution in [2.45, 2.75) is 31.9 Å². The molecule has 2 aromatic rings. The number of methoxy groups -OCH3 is 1. The Morgan fingerprint density at radius 1 is 1.50 bits per heavy atom. The molecular weight excluding hydrogens is 302 g/mol. The number of aromatic amines is 1. The fraction of sp³-hybridized carbons (Fsp3) is 0.600. The Hall–Kier alpha value is -1.28. The number of likely N-dealkylation sites (N-methyl/N-ethyl adjacent to an activating group) is 1. The van der Waals surface area contributed by atoms with Crippen LogP contribution in [0.5, 0.6) is 0 Å². The van der Waals surface area contributed by atoms with Crippen LogP contribution in [0.1, 0.15) is 22.7 Å². The van der Waals surface area contributed by atoms with Gasteiger partial charge < -0.3 is 14.8 Å². The molecule has 1 aliphatic carbocycles. The summed E-state index contributed by atoms with van der Waals surface area (Å²) >= 11 is 1.64. The number of aromatic nitrogens is 2. The molecule has 0 bridgehead atoms. The zero-order valence-corrected chi connectivity index (χ0v) is 13.7. The summed E-state index contributed by atoms with van der Waals surface area (Å²) < 4.78 is 4.92. The first-order valence-electron chi connectivity index (χ1n) is 7.47. The summed E-state index contributed by atoms with van der Waals surface area (Å²) in [6.45, 7) is 1.26. The van der Waals surface area contributed by atoms with Gasteiger partial charge in [-0.1, -0.05) is 0 Å². The number of hydrogen-bond donors (Lipinski definition) is 2. The summed E-state index contributed by atoms with van der Waals surface area (Å²) in [7, 11) is 3.45. The maximum Gasteiger partial charge on any atom is 0.259 e. The summed E-state index contributed by atoms with van der Waals surface area (Å²) in [6, 6.07) is 0. The average molecular weight is 323 g/mol. The van der Waals surface area contributed by atoms with Crippen molar-refractivity contribution in [1.29, 1.82) is 0 Å². The Labute approximate surface area is 132 Å². The second kappa shape index (κ2) is 6.45. The van der Waals surface area contributed by atoms with E-state index >= 15 is 0 Å². The van der Waals surface area contributed by atoms with Gasteiger partial charge in [0.1, 0.15) is 10.7 Å². The molecule has 120 valence electrons. The lowest BCUT2D eigenvalue weighted by Gasteiger charge is -2.19. The first-order chi connectivity index (χ1) is 10.6. The zero-order valence-electron chi connectivity index (χ0n) is 12.9. The lowest BCUT2D eigenvalue weighted by atomic mass is 10.2. The molecule has 22 heavy (non-hydrogen) atoms. The van der Waals surface area contributed by atoms with E-state index in [0.29, 0.717) is 25.5 Å². The minimum Gasteiger partial charge on any atom is -0.389 e. The monoisotopic (exact) mass is 323 g/mol. The van der Waals surface area contributed by atoms with Crippen molar-refractivity contribution in [2.24, 2.45) is 0 Å². The largest absolute Gasteiger partial charge is 0.389 e. The Morgan fingerprint density at radius 3 is 3.09 bits per heavy atom. The Kier molecular flexibility index (Phi) is 4.58. The van der Waals surface area contributed by atoms with Gasteiger partial charge in [0.05, 0.1) is 24.6 Å². The Morgan fingerprint density at radius 2 is 2.32 bits per heavy atom. The quantitative estimate of drug-likeness (QED) is 0.826. The number of thiophene rings is 1. The minimum atomic E-state index is -0.545. The number of ether oxygens (including phenoxy) is 1. The highest BCUT2D eigenvalue weighted by molar-refractivity contribution is 7.18. The van der Waals surface area contributed by atoms with Crippen molar-refractivity contribution in [3.8, 4) is 0 Å². The van der Waals surface area contributed by atoms with Crippen LogP contribution in [-0.2, 0) is 24.1 Å². The molecule has 0 amide bonds. The summed E-state index contributed by atoms with van der Waals surface area (Å²) in [5, 5.41) is 10.5. The predicted molar refractivity (Wildman–Crippen MR) is 86.5 cm³/mol. The van der Waals surface area contributed by atoms with E-state index < -0.39 is 6.10 Å². The van der Waals surface area contributed by atoms with Crippen LogP contribution in [0, 0.1) is 0 Å². The summed E-state index contributed by atoms with van der Waals surface area (Å²) in [6.07, 6.45) is 2.64. The van der Waals surface area contributed by atoms with Crippen LogP contribution < -0.4 is 5.56 Å². The summed E-state index contributed by atoms with van der Waals surface area (Å²) in [5.41, 5.74) is 1.16. The number of aliphatic hydroxyl groups is 1. The molecule has 0 radical (unpaired) electrons. The molecule has 2 N–H and O–H groups in total. The first-order valence-corrected chi connectivity index (χ1v) is 8.29. The molecule has 0 aliphatic heterocycles. The van der Waals surface area contributed by atoms with E-state index in [1.165, 1.54) is 10.4 Å². The van der Waals surface area contributed by atoms with E-state index in [-0.39, 0.29) is 5.56 Å². The number of H-pyrrole nitrogens is 1. The molecule has 1 atom stereocenters. The van der Waals surface area contributed by atoms with Crippen molar-refractivity contribution >= 4 is 21.6 Å². The average Bonchev–Trinajstić information content (AvgIpc) is 2.97. The van der Waals surface area contributed by atoms with E-state index in [2.05, 4.69) is 9.97 Å². The SMILES string of the molecule is COC[C@@H](O)CN(C)Cc1nc2sc3c(c2c(=O)[nH]1)CCC3. The molecular formula is C15H21N3O3S. The fourth-order valence-electron chi connectivity index (χ4n) is 3.05. The topological polar surface area (TPSA) is 78.5 Å². The number of aliphatic hydroxyl groups excluding tert-OH is 1. The van der Waals surface area contributed by atoms with Gasteiger partial charge in [0.25, 0.3) is 5.56 Å². The van der Waals surface area contributed by atoms with Gasteiger partial charge in [0.15, 0.2) is 0 Å². The zero-order chi connectivity index (χ0) is 15.7. The Bertz CT molecular complexity index is 725. The maximum absolute atomic E-state index is 12.3. The lowest BCUT2D eigenvalue weighted by Crippen LogP contribution is -2.32. The molecule has 0 fully saturated rings. The normalized spacial score (nSPS) is 15.6. The van der Waals surface area contributed by atoms with Gasteiger partial charge in [0, 0.05) is 18.5 Å². The number of rotatable bonds is 6. The van der Waals surface area contributed by atoms with Crippen LogP contribution >= 0.6 is 11.3 Å². The molecule has 0 unspecified atom stereocenters. The van der Waals surface area contributed by atoms with Crippen LogP contribution in [0.4, 0.5) is 0 Å². The van der Waals surface area contributed by atoms with Crippen LogP contribution in [0.2, 0.25) is 0 Å². The second-order valence-electron chi connectivity index (χ2n) is 5.86. The minimum absolute atomic E-state index is 0.0368. The van der Waals surface area contributed by atoms with Crippen LogP contribution in [0.25, 0.3) is 10.2 Å². The number of fused-ring (bicyclic) bond motifs is 3. The van der Waals surface area contributed by atoms with Gasteiger partial charge in [-0.2, -0.15) is 0 Å². The van der Waals surface area contributed by atoms with E-state index in [1.54, 1.807) is 18.4 Å². The van der Waals surface area contributed by atoms with Crippen LogP contribution in [-0.4, -0.2) is 53.4 Å². The fourth-order valence-corrected chi connectivity index (χ4v) is 4.33. The van der Waals surface area contributed by atoms with Gasteiger partial charge >= 0.3 is 0 Å². The van der Waals surface area contributed by atoms with Crippen molar-refractivity contribution in [3.05, 3.63) is 26.6 Å². The highest BCUT2D eigenvalue weighted by Crippen LogP contribution is 2.34. The van der Waals surface area contributed by atoms with Gasteiger partial charge in [-0.05, 0) is 31.9 Å². The highest BCUT2D eigenvalue weighted by Gasteiger charge is 2.21. The summed E-state index contributed by atoms with van der Waals surface area (Å²) in [5.74, 6) is 0.643. The van der Waals surface area contributed by atoms with E-state index in [0.717, 1.165) is 29.5 Å². The molecule has 0 spiro atoms. The molecule has 6 nitrogen and oxygen atoms in total. The van der Waals surface area contributed by atoms with Crippen molar-refractivity contribution < 1.29 is 9.84 Å². The molecule has 1 aliphatic rings. The first kappa shape index (κ1) is 15.6. The third-order valence-electron chi connectivity index (χ3n) is 3.93. The van der Waals surface area contributed by atoms with E-state index in [4.69, 9.17) is 4.74 Å². The van der Waals surface area contributed by atoms with E-state index in [9.17, 15) is 9.90 Å². The van der Waals surface area contributed by atoms with Crippen molar-refractivity contribution in [2.75, 3.05) is 27.3 Å². The van der Waals surface area contributed by atoms with Gasteiger partial charge in [-0.25, -0.2) is 4.98 Å². The van der Waals surface area contributed by atoms with Crippen LogP contribution in [0.3, 0.4) is 0 Å². The maximum atomic E-state index is 12.3. The smallest absolute Gasteiger partial charge is 0.259 e. The molecule has 0 saturated heterocycles. The Balaban J connectivity index is 1.79. The second-order valence-corrected chi connectivity index (χ2v) is 6.94. The molecule has 7 heteroatoms. The number of nitrogens with zero attached hydrogens (tertiary/aromatic N) is 2. The third-order valence-corrected chi connectivity index (χ3v) is 5.11. The standard InChI is InChI=1S/C15H21N3O3S/c1-18(6-9(19)8-21-2)7-12-16-14(20)13-10-4-3-5-11(10)22-15(13)17-12/h9,19H,3-8H2,1-2H3,(H,16,17,20)/t9-/m0/s1. The molecule has 2 heterocycles. The molecule has 0 aromatic carbocycles. The third kappa shape index (κ3) is 3.08. The molecule has 0 saturated carbocycles. The predicted octanol–water partition coefficient (Wildman–Crippen LogP) is 0.912. The van der Waals surface area contributed by atoms with Crippen LogP contribution in [0.15, 0.2) is 4.79 Å². The van der Waals surface area contributed by atoms with Gasteiger partial charge in [-0.3, -0.25) is 9.69 Å². The number of hydrogen-bond acceptors (Lipinski definition) is 6. The van der Waals surface area contributed by atoms with E-state index in [1.807, 2.05) is 11.9 Å². The van der Waals surface area contributed by atoms with Gasteiger partial charge in [-0.15, -0.1) is 11.3 Å². The molecule has 2 aromatic heterocycles. The number of nitrogens with one attached hydrogen (secondary N) is 1. The van der Waals surface area contributed by atoms with Crippen molar-refractivity contribution in [3.63, 3.8) is 0 Å². The van der Waals surface area contributed by atoms with Crippen molar-refractivity contribution in [1.82, 2.24) is 14.9 Å². The molecule has 3 rings (SSSR count). The lowest BCUT2D eigenvalue weighted by molar-refractivity contribution is 0.0414. The highest BCUT2D eigenvalue weighted by atomic mass is 32.1. The van der Waals surface area contributed by atoms with Gasteiger partial charge in [0.2, 0.25) is 0 Å². The number of aryl methyl sites for hydroxylation is 2. The summed E-state index contributed by atoms with van der Waals surface area (Å²) in [4.78, 5) is 23.9.